The standard InChI is InChI=1S/C15H16N2O2S/c1-11-13(16)8-5-9-14(11)17-15(18)10-20(19)12-6-3-2-4-7-12/h2-9H,10,16H2,1H3,(H,17,18). The van der Waals surface area contributed by atoms with Crippen LogP contribution in [0, 0.1) is 6.92 Å². The van der Waals surface area contributed by atoms with Crippen LogP contribution >= 0.6 is 0 Å². The Labute approximate surface area is 120 Å². The van der Waals surface area contributed by atoms with E-state index >= 15 is 0 Å². The van der Waals surface area contributed by atoms with Gasteiger partial charge in [-0.05, 0) is 36.8 Å². The van der Waals surface area contributed by atoms with Crippen LogP contribution in [0.1, 0.15) is 5.56 Å². The van der Waals surface area contributed by atoms with Gasteiger partial charge in [-0.25, -0.2) is 0 Å². The number of hydrogen-bond donors (Lipinski definition) is 2. The molecule has 0 saturated carbocycles. The number of nitrogens with two attached hydrogens (primary N) is 1. The molecule has 2 aromatic carbocycles. The van der Waals surface area contributed by atoms with Gasteiger partial charge in [0.2, 0.25) is 5.91 Å². The molecule has 2 rings (SSSR count). The van der Waals surface area contributed by atoms with Gasteiger partial charge in [0.1, 0.15) is 5.75 Å². The number of hydrogen-bond acceptors (Lipinski definition) is 3. The van der Waals surface area contributed by atoms with Crippen molar-refractivity contribution in [3.05, 3.63) is 54.1 Å². The van der Waals surface area contributed by atoms with Gasteiger partial charge < -0.3 is 11.1 Å². The van der Waals surface area contributed by atoms with Crippen LogP contribution in [0.4, 0.5) is 11.4 Å². The van der Waals surface area contributed by atoms with E-state index in [1.165, 1.54) is 0 Å². The van der Waals surface area contributed by atoms with Crippen LogP contribution in [0.2, 0.25) is 0 Å². The monoisotopic (exact) mass is 288 g/mol. The average molecular weight is 288 g/mol. The first-order valence-corrected chi connectivity index (χ1v) is 7.48. The fourth-order valence-electron chi connectivity index (χ4n) is 1.75. The molecular formula is C15H16N2O2S. The number of carbonyl (C=O) groups excluding carboxylic acids is 1. The zero-order valence-corrected chi connectivity index (χ0v) is 11.9. The van der Waals surface area contributed by atoms with Crippen molar-refractivity contribution in [1.82, 2.24) is 0 Å². The fourth-order valence-corrected chi connectivity index (χ4v) is 2.69. The molecule has 0 radical (unpaired) electrons. The maximum Gasteiger partial charge on any atom is 0.237 e. The number of carbonyl (C=O) groups is 1. The summed E-state index contributed by atoms with van der Waals surface area (Å²) < 4.78 is 12.0. The van der Waals surface area contributed by atoms with Crippen LogP contribution in [-0.4, -0.2) is 15.9 Å². The van der Waals surface area contributed by atoms with Crippen LogP contribution in [0.3, 0.4) is 0 Å². The van der Waals surface area contributed by atoms with E-state index in [1.807, 2.05) is 13.0 Å². The molecule has 0 aliphatic carbocycles. The lowest BCUT2D eigenvalue weighted by Crippen LogP contribution is -2.20. The minimum absolute atomic E-state index is 0.0712. The minimum atomic E-state index is -1.34. The predicted molar refractivity (Wildman–Crippen MR) is 81.9 cm³/mol. The van der Waals surface area contributed by atoms with E-state index in [-0.39, 0.29) is 11.7 Å². The number of rotatable bonds is 4. The molecule has 0 aliphatic heterocycles. The number of benzene rings is 2. The van der Waals surface area contributed by atoms with Gasteiger partial charge in [0.25, 0.3) is 0 Å². The molecular weight excluding hydrogens is 272 g/mol. The Kier molecular flexibility index (Phi) is 4.53. The third-order valence-corrected chi connectivity index (χ3v) is 4.24. The molecule has 104 valence electrons. The van der Waals surface area contributed by atoms with Gasteiger partial charge in [0.15, 0.2) is 0 Å². The molecule has 3 N–H and O–H groups in total. The second kappa shape index (κ2) is 6.34. The first-order chi connectivity index (χ1) is 9.58. The van der Waals surface area contributed by atoms with Gasteiger partial charge in [-0.2, -0.15) is 0 Å². The Bertz CT molecular complexity index is 642. The van der Waals surface area contributed by atoms with Gasteiger partial charge in [-0.1, -0.05) is 24.3 Å². The Morgan fingerprint density at radius 1 is 1.15 bits per heavy atom. The largest absolute Gasteiger partial charge is 0.398 e. The molecule has 1 atom stereocenters. The van der Waals surface area contributed by atoms with Crippen LogP contribution in [-0.2, 0) is 15.6 Å². The van der Waals surface area contributed by atoms with E-state index in [0.29, 0.717) is 16.3 Å². The summed E-state index contributed by atoms with van der Waals surface area (Å²) in [7, 11) is -1.34. The number of amides is 1. The molecule has 0 fully saturated rings. The Hall–Kier alpha value is -2.14. The van der Waals surface area contributed by atoms with Crippen LogP contribution in [0.25, 0.3) is 0 Å². The number of anilines is 2. The van der Waals surface area contributed by atoms with Gasteiger partial charge in [0, 0.05) is 16.3 Å². The van der Waals surface area contributed by atoms with E-state index in [0.717, 1.165) is 5.56 Å². The highest BCUT2D eigenvalue weighted by Crippen LogP contribution is 2.20. The van der Waals surface area contributed by atoms with Crippen molar-refractivity contribution >= 4 is 28.1 Å². The van der Waals surface area contributed by atoms with E-state index < -0.39 is 10.8 Å². The zero-order valence-electron chi connectivity index (χ0n) is 11.1. The Morgan fingerprint density at radius 2 is 1.85 bits per heavy atom. The summed E-state index contributed by atoms with van der Waals surface area (Å²) >= 11 is 0. The lowest BCUT2D eigenvalue weighted by atomic mass is 10.1. The Morgan fingerprint density at radius 3 is 2.55 bits per heavy atom. The quantitative estimate of drug-likeness (QED) is 0.848. The summed E-state index contributed by atoms with van der Waals surface area (Å²) in [5.41, 5.74) is 7.86. The highest BCUT2D eigenvalue weighted by atomic mass is 32.2. The van der Waals surface area contributed by atoms with Crippen molar-refractivity contribution in [3.8, 4) is 0 Å². The van der Waals surface area contributed by atoms with Gasteiger partial charge in [0.05, 0.1) is 10.8 Å². The SMILES string of the molecule is Cc1c(N)cccc1NC(=O)CS(=O)c1ccccc1. The highest BCUT2D eigenvalue weighted by Gasteiger charge is 2.11. The summed E-state index contributed by atoms with van der Waals surface area (Å²) in [6.45, 7) is 1.83. The molecule has 0 aromatic heterocycles. The van der Waals surface area contributed by atoms with Crippen LogP contribution < -0.4 is 11.1 Å². The first-order valence-electron chi connectivity index (χ1n) is 6.16. The smallest absolute Gasteiger partial charge is 0.237 e. The van der Waals surface area contributed by atoms with Crippen molar-refractivity contribution in [1.29, 1.82) is 0 Å². The summed E-state index contributed by atoms with van der Waals surface area (Å²) in [6, 6.07) is 14.2. The third kappa shape index (κ3) is 3.45. The average Bonchev–Trinajstić information content (AvgIpc) is 2.45. The first kappa shape index (κ1) is 14.3. The van der Waals surface area contributed by atoms with Crippen LogP contribution in [0.15, 0.2) is 53.4 Å². The van der Waals surface area contributed by atoms with E-state index in [2.05, 4.69) is 5.32 Å². The molecule has 2 aromatic rings. The van der Waals surface area contributed by atoms with E-state index in [1.54, 1.807) is 42.5 Å². The fraction of sp³-hybridized carbons (Fsp3) is 0.133. The summed E-state index contributed by atoms with van der Waals surface area (Å²) in [5, 5.41) is 2.74. The van der Waals surface area contributed by atoms with Crippen molar-refractivity contribution in [3.63, 3.8) is 0 Å². The topological polar surface area (TPSA) is 72.2 Å². The molecule has 1 amide bonds. The summed E-state index contributed by atoms with van der Waals surface area (Å²) in [4.78, 5) is 12.6. The third-order valence-electron chi connectivity index (χ3n) is 2.92. The molecule has 20 heavy (non-hydrogen) atoms. The normalized spacial score (nSPS) is 11.8. The van der Waals surface area contributed by atoms with Gasteiger partial charge >= 0.3 is 0 Å². The molecule has 0 aliphatic rings. The summed E-state index contributed by atoms with van der Waals surface area (Å²) in [5.74, 6) is -0.362. The molecule has 4 nitrogen and oxygen atoms in total. The molecule has 0 saturated heterocycles. The lowest BCUT2D eigenvalue weighted by Gasteiger charge is -2.10. The van der Waals surface area contributed by atoms with Crippen molar-refractivity contribution in [2.75, 3.05) is 16.8 Å². The highest BCUT2D eigenvalue weighted by molar-refractivity contribution is 7.85. The predicted octanol–water partition coefficient (Wildman–Crippen LogP) is 2.32. The van der Waals surface area contributed by atoms with Crippen molar-refractivity contribution < 1.29 is 9.00 Å². The van der Waals surface area contributed by atoms with Crippen molar-refractivity contribution in [2.45, 2.75) is 11.8 Å². The van der Waals surface area contributed by atoms with Crippen LogP contribution in [0.5, 0.6) is 0 Å². The maximum absolute atomic E-state index is 12.0. The molecule has 5 heteroatoms. The lowest BCUT2D eigenvalue weighted by molar-refractivity contribution is -0.113. The number of nitrogen functional groups attached to an aromatic ring is 1. The van der Waals surface area contributed by atoms with Gasteiger partial charge in [-0.3, -0.25) is 9.00 Å². The molecule has 0 spiro atoms. The summed E-state index contributed by atoms with van der Waals surface area (Å²) in [6.07, 6.45) is 0. The second-order valence-electron chi connectivity index (χ2n) is 4.37. The number of nitrogens with one attached hydrogen (secondary N) is 1. The molecule has 1 unspecified atom stereocenters. The van der Waals surface area contributed by atoms with E-state index in [4.69, 9.17) is 5.73 Å². The molecule has 0 bridgehead atoms. The van der Waals surface area contributed by atoms with E-state index in [9.17, 15) is 9.00 Å². The second-order valence-corrected chi connectivity index (χ2v) is 5.82. The maximum atomic E-state index is 12.0. The zero-order chi connectivity index (χ0) is 14.5. The Balaban J connectivity index is 2.03. The van der Waals surface area contributed by atoms with Gasteiger partial charge in [-0.15, -0.1) is 0 Å². The molecule has 0 heterocycles. The minimum Gasteiger partial charge on any atom is -0.398 e. The van der Waals surface area contributed by atoms with Crippen molar-refractivity contribution in [2.24, 2.45) is 0 Å².